The summed E-state index contributed by atoms with van der Waals surface area (Å²) in [4.78, 5) is 18.0. The minimum atomic E-state index is -4.07. The van der Waals surface area contributed by atoms with E-state index in [-0.39, 0.29) is 6.10 Å². The number of hydrogen-bond donors (Lipinski definition) is 2. The zero-order valence-electron chi connectivity index (χ0n) is 24.4. The van der Waals surface area contributed by atoms with Gasteiger partial charge in [0.25, 0.3) is 0 Å². The van der Waals surface area contributed by atoms with Crippen molar-refractivity contribution >= 4 is 18.4 Å². The van der Waals surface area contributed by atoms with Gasteiger partial charge in [-0.15, -0.1) is 0 Å². The Morgan fingerprint density at radius 1 is 0.744 bits per heavy atom. The fourth-order valence-corrected chi connectivity index (χ4v) is 5.60. The molecule has 0 heterocycles. The van der Waals surface area contributed by atoms with Crippen LogP contribution in [0.2, 0.25) is 0 Å². The Kier molecular flexibility index (Phi) is 18.0. The molecule has 0 amide bonds. The molecule has 0 fully saturated rings. The van der Waals surface area contributed by atoms with Gasteiger partial charge in [0, 0.05) is 13.2 Å². The molecule has 2 aromatic rings. The van der Waals surface area contributed by atoms with E-state index in [2.05, 4.69) is 56.3 Å². The molecule has 221 valence electrons. The molecule has 0 saturated carbocycles. The third-order valence-electron chi connectivity index (χ3n) is 7.62. The summed E-state index contributed by atoms with van der Waals surface area (Å²) in [6.07, 6.45) is 19.1. The molecular weight excluding hydrogens is 507 g/mol. The Bertz CT molecular complexity index is 927. The molecule has 2 unspecified atom stereocenters. The third kappa shape index (κ3) is 16.6. The molecule has 39 heavy (non-hydrogen) atoms. The molecule has 2 atom stereocenters. The molecule has 0 spiro atoms. The van der Waals surface area contributed by atoms with Crippen molar-refractivity contribution in [2.24, 2.45) is 5.92 Å². The van der Waals surface area contributed by atoms with Crippen LogP contribution < -0.4 is 0 Å². The quantitative estimate of drug-likeness (QED) is 0.0985. The number of ether oxygens (including phenoxy) is 2. The van der Waals surface area contributed by atoms with Crippen LogP contribution in [0.1, 0.15) is 121 Å². The lowest BCUT2D eigenvalue weighted by Gasteiger charge is -2.17. The first-order chi connectivity index (χ1) is 18.9. The molecule has 2 rings (SSSR count). The molecular formula is C33H54O5P. The Morgan fingerprint density at radius 2 is 1.33 bits per heavy atom. The lowest BCUT2D eigenvalue weighted by molar-refractivity contribution is 0.0801. The monoisotopic (exact) mass is 561 g/mol. The van der Waals surface area contributed by atoms with E-state index in [0.29, 0.717) is 12.5 Å². The Labute approximate surface area is 238 Å². The second-order valence-electron chi connectivity index (χ2n) is 11.1. The van der Waals surface area contributed by atoms with Crippen LogP contribution in [0.4, 0.5) is 0 Å². The molecule has 0 aromatic heterocycles. The van der Waals surface area contributed by atoms with Gasteiger partial charge in [0.2, 0.25) is 0 Å². The summed E-state index contributed by atoms with van der Waals surface area (Å²) in [7, 11) is -4.07. The molecule has 0 aliphatic carbocycles. The number of hydrogen-bond acceptors (Lipinski definition) is 3. The van der Waals surface area contributed by atoms with Crippen molar-refractivity contribution < 1.29 is 23.8 Å². The highest BCUT2D eigenvalue weighted by Crippen LogP contribution is 2.34. The predicted molar refractivity (Wildman–Crippen MR) is 164 cm³/mol. The Hall–Kier alpha value is -1.23. The van der Waals surface area contributed by atoms with Crippen LogP contribution in [0.5, 0.6) is 0 Å². The Balaban J connectivity index is 1.54. The van der Waals surface area contributed by atoms with Crippen LogP contribution in [-0.2, 0) is 14.0 Å². The number of fused-ring (bicyclic) bond motifs is 1. The third-order valence-corrected chi connectivity index (χ3v) is 8.14. The van der Waals surface area contributed by atoms with E-state index in [0.717, 1.165) is 25.0 Å². The van der Waals surface area contributed by atoms with Gasteiger partial charge in [-0.3, -0.25) is 4.57 Å². The van der Waals surface area contributed by atoms with E-state index in [4.69, 9.17) is 19.3 Å². The van der Waals surface area contributed by atoms with Gasteiger partial charge >= 0.3 is 7.60 Å². The average Bonchev–Trinajstić information content (AvgIpc) is 2.92. The highest BCUT2D eigenvalue weighted by molar-refractivity contribution is 7.51. The molecule has 5 nitrogen and oxygen atoms in total. The van der Waals surface area contributed by atoms with Crippen LogP contribution in [0.15, 0.2) is 42.5 Å². The minimum Gasteiger partial charge on any atom is -0.374 e. The fourth-order valence-electron chi connectivity index (χ4n) is 5.23. The van der Waals surface area contributed by atoms with Gasteiger partial charge in [0.1, 0.15) is 6.35 Å². The molecule has 0 aliphatic heterocycles. The number of rotatable bonds is 24. The van der Waals surface area contributed by atoms with Crippen molar-refractivity contribution in [1.29, 1.82) is 0 Å². The van der Waals surface area contributed by atoms with Gasteiger partial charge < -0.3 is 19.3 Å². The summed E-state index contributed by atoms with van der Waals surface area (Å²) in [5.74, 6) is 0.593. The van der Waals surface area contributed by atoms with Crippen molar-refractivity contribution in [2.75, 3.05) is 19.6 Å². The van der Waals surface area contributed by atoms with Gasteiger partial charge in [0.05, 0.1) is 6.10 Å². The zero-order chi connectivity index (χ0) is 28.2. The molecule has 2 aromatic carbocycles. The smallest absolute Gasteiger partial charge is 0.350 e. The van der Waals surface area contributed by atoms with Crippen LogP contribution >= 0.6 is 7.60 Å². The first-order valence-electron chi connectivity index (χ1n) is 15.4. The summed E-state index contributed by atoms with van der Waals surface area (Å²) in [6.45, 7) is 7.64. The fraction of sp³-hybridized carbons (Fsp3) is 0.667. The second kappa shape index (κ2) is 20.6. The minimum absolute atomic E-state index is 0.131. The van der Waals surface area contributed by atoms with Gasteiger partial charge in [0.15, 0.2) is 0 Å². The molecule has 1 radical (unpaired) electrons. The van der Waals surface area contributed by atoms with Crippen LogP contribution in [0, 0.1) is 12.8 Å². The largest absolute Gasteiger partial charge is 0.374 e. The topological polar surface area (TPSA) is 76.0 Å². The first-order valence-corrected chi connectivity index (χ1v) is 17.2. The van der Waals surface area contributed by atoms with Gasteiger partial charge in [-0.05, 0) is 48.1 Å². The van der Waals surface area contributed by atoms with E-state index in [9.17, 15) is 4.57 Å². The number of benzene rings is 2. The Morgan fingerprint density at radius 3 is 1.97 bits per heavy atom. The van der Waals surface area contributed by atoms with Crippen molar-refractivity contribution in [3.63, 3.8) is 0 Å². The normalized spacial score (nSPS) is 13.6. The first kappa shape index (κ1) is 34.0. The molecule has 0 bridgehead atoms. The standard InChI is InChI=1S/C33H54O5P/c1-3-4-5-6-7-10-13-18-30(24-26-37-28-39(34,35)36)19-14-11-8-9-12-17-25-38-29(2)32-23-22-31-20-15-16-21-33(31)27-32/h15-16,20-23,27,29-30H,2-14,17-19,24-26,28H2,1H3,(H2,34,35,36). The van der Waals surface area contributed by atoms with Crippen LogP contribution in [0.25, 0.3) is 10.8 Å². The highest BCUT2D eigenvalue weighted by Gasteiger charge is 2.14. The van der Waals surface area contributed by atoms with E-state index in [1.54, 1.807) is 0 Å². The second-order valence-corrected chi connectivity index (χ2v) is 12.7. The lowest BCUT2D eigenvalue weighted by atomic mass is 9.91. The summed E-state index contributed by atoms with van der Waals surface area (Å²) >= 11 is 0. The van der Waals surface area contributed by atoms with Crippen molar-refractivity contribution in [3.05, 3.63) is 55.0 Å². The molecule has 2 N–H and O–H groups in total. The molecule has 6 heteroatoms. The SMILES string of the molecule is [CH2]C(OCCCCCCCCC(CCCCCCCCC)CCOCP(=O)(O)O)c1ccc2ccccc2c1. The highest BCUT2D eigenvalue weighted by atomic mass is 31.2. The van der Waals surface area contributed by atoms with Crippen molar-refractivity contribution in [1.82, 2.24) is 0 Å². The summed E-state index contributed by atoms with van der Waals surface area (Å²) < 4.78 is 22.3. The maximum absolute atomic E-state index is 11.0. The van der Waals surface area contributed by atoms with Crippen LogP contribution in [-0.4, -0.2) is 29.3 Å². The van der Waals surface area contributed by atoms with Gasteiger partial charge in [-0.2, -0.15) is 0 Å². The number of unbranched alkanes of at least 4 members (excludes halogenated alkanes) is 11. The van der Waals surface area contributed by atoms with E-state index in [1.165, 1.54) is 101 Å². The maximum atomic E-state index is 11.0. The van der Waals surface area contributed by atoms with E-state index >= 15 is 0 Å². The van der Waals surface area contributed by atoms with Gasteiger partial charge in [-0.25, -0.2) is 0 Å². The lowest BCUT2D eigenvalue weighted by Crippen LogP contribution is -2.07. The van der Waals surface area contributed by atoms with Gasteiger partial charge in [-0.1, -0.05) is 133 Å². The summed E-state index contributed by atoms with van der Waals surface area (Å²) in [6, 6.07) is 14.8. The molecule has 0 aliphatic rings. The van der Waals surface area contributed by atoms with Crippen molar-refractivity contribution in [3.8, 4) is 0 Å². The van der Waals surface area contributed by atoms with Crippen molar-refractivity contribution in [2.45, 2.75) is 116 Å². The van der Waals surface area contributed by atoms with E-state index < -0.39 is 13.9 Å². The molecule has 0 saturated heterocycles. The maximum Gasteiger partial charge on any atom is 0.350 e. The average molecular weight is 562 g/mol. The van der Waals surface area contributed by atoms with E-state index in [1.807, 2.05) is 0 Å². The summed E-state index contributed by atoms with van der Waals surface area (Å²) in [5.41, 5.74) is 1.13. The zero-order valence-corrected chi connectivity index (χ0v) is 25.3. The van der Waals surface area contributed by atoms with Crippen LogP contribution in [0.3, 0.4) is 0 Å². The summed E-state index contributed by atoms with van der Waals surface area (Å²) in [5, 5.41) is 2.47. The predicted octanol–water partition coefficient (Wildman–Crippen LogP) is 9.76.